The van der Waals surface area contributed by atoms with Gasteiger partial charge in [-0.05, 0) is 42.7 Å². The van der Waals surface area contributed by atoms with Crippen LogP contribution in [0.4, 0.5) is 10.5 Å². The van der Waals surface area contributed by atoms with Crippen molar-refractivity contribution in [2.45, 2.75) is 25.5 Å². The second-order valence-corrected chi connectivity index (χ2v) is 6.32. The Morgan fingerprint density at radius 2 is 1.69 bits per heavy atom. The van der Waals surface area contributed by atoms with E-state index in [4.69, 9.17) is 9.84 Å². The first-order valence-electron chi connectivity index (χ1n) is 8.67. The molecule has 0 radical (unpaired) electrons. The summed E-state index contributed by atoms with van der Waals surface area (Å²) in [7, 11) is 0. The largest absolute Gasteiger partial charge is 0.478 e. The Hall–Kier alpha value is -3.02. The Bertz CT molecular complexity index is 738. The number of hydrogen-bond acceptors (Lipinski definition) is 4. The van der Waals surface area contributed by atoms with Crippen LogP contribution in [0.3, 0.4) is 0 Å². The van der Waals surface area contributed by atoms with Crippen LogP contribution in [-0.2, 0) is 11.3 Å². The molecule has 0 unspecified atom stereocenters. The molecule has 26 heavy (non-hydrogen) atoms. The van der Waals surface area contributed by atoms with Crippen LogP contribution in [0.2, 0.25) is 0 Å². The first-order valence-corrected chi connectivity index (χ1v) is 8.67. The first kappa shape index (κ1) is 17.8. The number of nitrogens with one attached hydrogen (secondary N) is 1. The number of carbonyl (C=O) groups excluding carboxylic acids is 1. The highest BCUT2D eigenvalue weighted by Gasteiger charge is 2.21. The smallest absolute Gasteiger partial charge is 0.407 e. The number of benzene rings is 2. The van der Waals surface area contributed by atoms with Crippen molar-refractivity contribution in [1.29, 1.82) is 0 Å². The molecule has 136 valence electrons. The van der Waals surface area contributed by atoms with Crippen molar-refractivity contribution in [1.82, 2.24) is 5.32 Å². The number of aromatic carboxylic acids is 1. The summed E-state index contributed by atoms with van der Waals surface area (Å²) in [5, 5.41) is 11.9. The Balaban J connectivity index is 1.43. The molecule has 3 rings (SSSR count). The van der Waals surface area contributed by atoms with Gasteiger partial charge in [-0.2, -0.15) is 0 Å². The number of alkyl carbamates (subject to hydrolysis) is 1. The van der Waals surface area contributed by atoms with E-state index in [0.717, 1.165) is 37.2 Å². The summed E-state index contributed by atoms with van der Waals surface area (Å²) in [6.07, 6.45) is 1.25. The molecule has 1 aliphatic rings. The minimum absolute atomic E-state index is 0.0906. The maximum absolute atomic E-state index is 11.9. The molecule has 2 aromatic carbocycles. The van der Waals surface area contributed by atoms with E-state index in [1.165, 1.54) is 0 Å². The molecule has 0 aromatic heterocycles. The van der Waals surface area contributed by atoms with Gasteiger partial charge in [0.2, 0.25) is 0 Å². The molecule has 1 amide bonds. The van der Waals surface area contributed by atoms with Crippen molar-refractivity contribution in [2.75, 3.05) is 18.0 Å². The van der Waals surface area contributed by atoms with Gasteiger partial charge in [0, 0.05) is 24.8 Å². The minimum Gasteiger partial charge on any atom is -0.478 e. The van der Waals surface area contributed by atoms with Gasteiger partial charge in [0.15, 0.2) is 0 Å². The molecule has 1 aliphatic heterocycles. The van der Waals surface area contributed by atoms with E-state index in [-0.39, 0.29) is 18.2 Å². The van der Waals surface area contributed by atoms with Gasteiger partial charge < -0.3 is 20.1 Å². The second kappa shape index (κ2) is 8.38. The predicted molar refractivity (Wildman–Crippen MR) is 98.4 cm³/mol. The number of nitrogens with zero attached hydrogens (tertiary/aromatic N) is 1. The van der Waals surface area contributed by atoms with E-state index in [9.17, 15) is 9.59 Å². The molecule has 0 spiro atoms. The number of ether oxygens (including phenoxy) is 1. The van der Waals surface area contributed by atoms with Crippen LogP contribution in [0.5, 0.6) is 0 Å². The summed E-state index contributed by atoms with van der Waals surface area (Å²) in [5.41, 5.74) is 2.24. The van der Waals surface area contributed by atoms with Crippen LogP contribution in [0.1, 0.15) is 28.8 Å². The Morgan fingerprint density at radius 3 is 2.31 bits per heavy atom. The lowest BCUT2D eigenvalue weighted by Gasteiger charge is -2.33. The Kier molecular flexibility index (Phi) is 5.73. The summed E-state index contributed by atoms with van der Waals surface area (Å²) in [6.45, 7) is 1.87. The van der Waals surface area contributed by atoms with Crippen molar-refractivity contribution >= 4 is 17.7 Å². The van der Waals surface area contributed by atoms with E-state index in [0.29, 0.717) is 0 Å². The van der Waals surface area contributed by atoms with Gasteiger partial charge in [-0.3, -0.25) is 0 Å². The lowest BCUT2D eigenvalue weighted by Crippen LogP contribution is -2.44. The molecule has 6 heteroatoms. The van der Waals surface area contributed by atoms with Gasteiger partial charge in [0.05, 0.1) is 5.56 Å². The molecule has 1 heterocycles. The van der Waals surface area contributed by atoms with Gasteiger partial charge in [-0.1, -0.05) is 30.3 Å². The molecule has 1 saturated heterocycles. The van der Waals surface area contributed by atoms with Crippen molar-refractivity contribution in [3.05, 3.63) is 65.7 Å². The van der Waals surface area contributed by atoms with E-state index in [1.807, 2.05) is 42.5 Å². The van der Waals surface area contributed by atoms with Gasteiger partial charge in [0.25, 0.3) is 0 Å². The molecular weight excluding hydrogens is 332 g/mol. The third-order valence-electron chi connectivity index (χ3n) is 4.51. The Morgan fingerprint density at radius 1 is 1.04 bits per heavy atom. The molecule has 0 atom stereocenters. The highest BCUT2D eigenvalue weighted by Crippen LogP contribution is 2.20. The maximum atomic E-state index is 11.9. The quantitative estimate of drug-likeness (QED) is 0.861. The van der Waals surface area contributed by atoms with Crippen molar-refractivity contribution in [2.24, 2.45) is 0 Å². The number of carbonyl (C=O) groups is 2. The van der Waals surface area contributed by atoms with Crippen LogP contribution < -0.4 is 10.2 Å². The zero-order valence-corrected chi connectivity index (χ0v) is 14.4. The van der Waals surface area contributed by atoms with E-state index >= 15 is 0 Å². The average Bonchev–Trinajstić information content (AvgIpc) is 2.68. The number of piperidine rings is 1. The fourth-order valence-electron chi connectivity index (χ4n) is 3.03. The summed E-state index contributed by atoms with van der Waals surface area (Å²) >= 11 is 0. The summed E-state index contributed by atoms with van der Waals surface area (Å²) in [6, 6.07) is 16.6. The normalized spacial score (nSPS) is 14.7. The van der Waals surface area contributed by atoms with Gasteiger partial charge >= 0.3 is 12.1 Å². The zero-order valence-electron chi connectivity index (χ0n) is 14.4. The average molecular weight is 354 g/mol. The molecular formula is C20H22N2O4. The van der Waals surface area contributed by atoms with E-state index in [1.54, 1.807) is 12.1 Å². The van der Waals surface area contributed by atoms with Crippen molar-refractivity contribution in [3.8, 4) is 0 Å². The highest BCUT2D eigenvalue weighted by atomic mass is 16.5. The number of hydrogen-bond donors (Lipinski definition) is 2. The number of anilines is 1. The third kappa shape index (κ3) is 4.75. The minimum atomic E-state index is -0.923. The van der Waals surface area contributed by atoms with Crippen molar-refractivity contribution < 1.29 is 19.4 Å². The summed E-state index contributed by atoms with van der Waals surface area (Å²) in [5.74, 6) is -0.923. The van der Waals surface area contributed by atoms with Crippen LogP contribution in [0, 0.1) is 0 Å². The van der Waals surface area contributed by atoms with Gasteiger partial charge in [-0.25, -0.2) is 9.59 Å². The lowest BCUT2D eigenvalue weighted by molar-refractivity contribution is 0.0697. The van der Waals surface area contributed by atoms with E-state index in [2.05, 4.69) is 10.2 Å². The van der Waals surface area contributed by atoms with Gasteiger partial charge in [0.1, 0.15) is 6.61 Å². The summed E-state index contributed by atoms with van der Waals surface area (Å²) in [4.78, 5) is 25.0. The number of rotatable bonds is 5. The standard InChI is InChI=1S/C20H22N2O4/c23-19(24)16-6-8-18(9-7-16)22-12-10-17(11-13-22)21-20(25)26-14-15-4-2-1-3-5-15/h1-9,17H,10-14H2,(H,21,25)(H,23,24). The molecule has 1 fully saturated rings. The first-order chi connectivity index (χ1) is 12.6. The SMILES string of the molecule is O=C(NC1CCN(c2ccc(C(=O)O)cc2)CC1)OCc1ccccc1. The van der Waals surface area contributed by atoms with Crippen LogP contribution in [0.15, 0.2) is 54.6 Å². The third-order valence-corrected chi connectivity index (χ3v) is 4.51. The number of amides is 1. The Labute approximate surface area is 152 Å². The van der Waals surface area contributed by atoms with Crippen molar-refractivity contribution in [3.63, 3.8) is 0 Å². The van der Waals surface area contributed by atoms with Crippen LogP contribution >= 0.6 is 0 Å². The molecule has 0 saturated carbocycles. The zero-order chi connectivity index (χ0) is 18.4. The molecule has 6 nitrogen and oxygen atoms in total. The summed E-state index contributed by atoms with van der Waals surface area (Å²) < 4.78 is 5.26. The molecule has 0 bridgehead atoms. The topological polar surface area (TPSA) is 78.9 Å². The van der Waals surface area contributed by atoms with Crippen LogP contribution in [0.25, 0.3) is 0 Å². The highest BCUT2D eigenvalue weighted by molar-refractivity contribution is 5.88. The lowest BCUT2D eigenvalue weighted by atomic mass is 10.0. The molecule has 0 aliphatic carbocycles. The molecule has 2 N–H and O–H groups in total. The fourth-order valence-corrected chi connectivity index (χ4v) is 3.03. The molecule has 2 aromatic rings. The monoisotopic (exact) mass is 354 g/mol. The van der Waals surface area contributed by atoms with Crippen LogP contribution in [-0.4, -0.2) is 36.3 Å². The maximum Gasteiger partial charge on any atom is 0.407 e. The van der Waals surface area contributed by atoms with Gasteiger partial charge in [-0.15, -0.1) is 0 Å². The van der Waals surface area contributed by atoms with E-state index < -0.39 is 12.1 Å². The number of carboxylic acids is 1. The fraction of sp³-hybridized carbons (Fsp3) is 0.300. The number of carboxylic acid groups (broad SMARTS) is 1. The predicted octanol–water partition coefficient (Wildman–Crippen LogP) is 3.28. The second-order valence-electron chi connectivity index (χ2n) is 6.32.